The molecule has 1 fully saturated rings. The van der Waals surface area contributed by atoms with E-state index in [1.165, 1.54) is 0 Å². The van der Waals surface area contributed by atoms with Crippen molar-refractivity contribution in [2.24, 2.45) is 5.92 Å². The van der Waals surface area contributed by atoms with Crippen LogP contribution in [0.15, 0.2) is 42.5 Å². The van der Waals surface area contributed by atoms with Crippen LogP contribution in [0.3, 0.4) is 0 Å². The number of fused-ring (bicyclic) bond motifs is 1. The molecule has 0 atom stereocenters. The first-order valence-corrected chi connectivity index (χ1v) is 7.90. The van der Waals surface area contributed by atoms with Gasteiger partial charge in [-0.3, -0.25) is 4.79 Å². The molecule has 2 heterocycles. The van der Waals surface area contributed by atoms with Crippen molar-refractivity contribution in [2.75, 3.05) is 12.4 Å². The fraction of sp³-hybridized carbons (Fsp3) is 0.278. The van der Waals surface area contributed by atoms with E-state index in [1.54, 1.807) is 0 Å². The van der Waals surface area contributed by atoms with Crippen molar-refractivity contribution in [1.82, 2.24) is 14.6 Å². The third kappa shape index (κ3) is 2.70. The second kappa shape index (κ2) is 5.50. The van der Waals surface area contributed by atoms with Gasteiger partial charge >= 0.3 is 0 Å². The van der Waals surface area contributed by atoms with Crippen molar-refractivity contribution in [3.05, 3.63) is 48.3 Å². The summed E-state index contributed by atoms with van der Waals surface area (Å²) in [5, 5.41) is 7.66. The number of benzene rings is 1. The largest absolute Gasteiger partial charge is 0.388 e. The number of nitrogens with zero attached hydrogens (tertiary/aromatic N) is 3. The van der Waals surface area contributed by atoms with Crippen LogP contribution >= 0.6 is 0 Å². The number of ketones is 1. The minimum absolute atomic E-state index is 0.246. The van der Waals surface area contributed by atoms with Crippen molar-refractivity contribution < 1.29 is 4.79 Å². The Morgan fingerprint density at radius 1 is 1.22 bits per heavy atom. The van der Waals surface area contributed by atoms with Crippen LogP contribution in [0, 0.1) is 5.92 Å². The topological polar surface area (TPSA) is 59.3 Å². The molecule has 1 aliphatic carbocycles. The summed E-state index contributed by atoms with van der Waals surface area (Å²) in [6.45, 7) is 0. The fourth-order valence-electron chi connectivity index (χ4n) is 2.76. The molecule has 0 saturated heterocycles. The maximum absolute atomic E-state index is 12.0. The van der Waals surface area contributed by atoms with E-state index in [0.29, 0.717) is 12.2 Å². The molecule has 1 aliphatic rings. The molecule has 5 nitrogen and oxygen atoms in total. The molecule has 0 amide bonds. The van der Waals surface area contributed by atoms with Gasteiger partial charge in [-0.2, -0.15) is 5.10 Å². The van der Waals surface area contributed by atoms with E-state index in [-0.39, 0.29) is 11.7 Å². The Morgan fingerprint density at radius 2 is 2.00 bits per heavy atom. The molecule has 2 aromatic heterocycles. The third-order valence-electron chi connectivity index (χ3n) is 4.24. The minimum Gasteiger partial charge on any atom is -0.388 e. The van der Waals surface area contributed by atoms with Crippen LogP contribution in [0.25, 0.3) is 16.9 Å². The van der Waals surface area contributed by atoms with Crippen LogP contribution in [0.1, 0.15) is 18.7 Å². The summed E-state index contributed by atoms with van der Waals surface area (Å²) >= 11 is 0. The van der Waals surface area contributed by atoms with E-state index < -0.39 is 0 Å². The molecule has 1 aromatic carbocycles. The third-order valence-corrected chi connectivity index (χ3v) is 4.24. The van der Waals surface area contributed by atoms with Gasteiger partial charge in [0.25, 0.3) is 0 Å². The second-order valence-electron chi connectivity index (χ2n) is 5.95. The Kier molecular flexibility index (Phi) is 3.33. The first kappa shape index (κ1) is 13.9. The van der Waals surface area contributed by atoms with E-state index in [4.69, 9.17) is 0 Å². The molecule has 1 N–H and O–H groups in total. The lowest BCUT2D eigenvalue weighted by molar-refractivity contribution is -0.119. The van der Waals surface area contributed by atoms with Gasteiger partial charge in [0.05, 0.1) is 12.1 Å². The van der Waals surface area contributed by atoms with Crippen LogP contribution in [-0.4, -0.2) is 27.4 Å². The Hall–Kier alpha value is -2.69. The number of nitrogens with one attached hydrogen (secondary N) is 1. The molecule has 116 valence electrons. The zero-order valence-corrected chi connectivity index (χ0v) is 13.0. The van der Waals surface area contributed by atoms with Gasteiger partial charge in [-0.05, 0) is 37.1 Å². The van der Waals surface area contributed by atoms with E-state index in [9.17, 15) is 4.79 Å². The number of carbonyl (C=O) groups is 1. The van der Waals surface area contributed by atoms with E-state index in [2.05, 4.69) is 27.5 Å². The number of hydrogen-bond donors (Lipinski definition) is 1. The van der Waals surface area contributed by atoms with Crippen molar-refractivity contribution in [2.45, 2.75) is 19.3 Å². The molecule has 5 heteroatoms. The molecular formula is C18H18N4O. The summed E-state index contributed by atoms with van der Waals surface area (Å²) in [5.74, 6) is 1.12. The van der Waals surface area contributed by atoms with Crippen molar-refractivity contribution >= 4 is 17.1 Å². The van der Waals surface area contributed by atoms with E-state index >= 15 is 0 Å². The second-order valence-corrected chi connectivity index (χ2v) is 5.95. The van der Waals surface area contributed by atoms with Gasteiger partial charge in [-0.25, -0.2) is 9.50 Å². The molecule has 0 aliphatic heterocycles. The van der Waals surface area contributed by atoms with Crippen LogP contribution < -0.4 is 5.32 Å². The molecule has 23 heavy (non-hydrogen) atoms. The molecule has 0 unspecified atom stereocenters. The van der Waals surface area contributed by atoms with Gasteiger partial charge < -0.3 is 5.32 Å². The number of pyridine rings is 1. The predicted molar refractivity (Wildman–Crippen MR) is 89.4 cm³/mol. The molecule has 0 spiro atoms. The van der Waals surface area contributed by atoms with Gasteiger partial charge in [0.1, 0.15) is 5.78 Å². The predicted octanol–water partition coefficient (Wildman–Crippen LogP) is 2.96. The van der Waals surface area contributed by atoms with Gasteiger partial charge in [0, 0.05) is 24.2 Å². The summed E-state index contributed by atoms with van der Waals surface area (Å²) < 4.78 is 1.82. The molecule has 4 rings (SSSR count). The molecule has 0 bridgehead atoms. The zero-order chi connectivity index (χ0) is 15.8. The summed E-state index contributed by atoms with van der Waals surface area (Å²) in [5.41, 5.74) is 3.89. The molecule has 3 aromatic rings. The number of carbonyl (C=O) groups excluding carboxylic acids is 1. The van der Waals surface area contributed by atoms with Gasteiger partial charge in [0.2, 0.25) is 0 Å². The van der Waals surface area contributed by atoms with Crippen molar-refractivity contribution in [1.29, 1.82) is 0 Å². The maximum Gasteiger partial charge on any atom is 0.159 e. The van der Waals surface area contributed by atoms with Crippen molar-refractivity contribution in [3.8, 4) is 11.3 Å². The van der Waals surface area contributed by atoms with Crippen LogP contribution in [0.4, 0.5) is 5.69 Å². The minimum atomic E-state index is 0.246. The average Bonchev–Trinajstić information content (AvgIpc) is 3.35. The fourth-order valence-corrected chi connectivity index (χ4v) is 2.76. The van der Waals surface area contributed by atoms with Crippen LogP contribution in [-0.2, 0) is 11.2 Å². The summed E-state index contributed by atoms with van der Waals surface area (Å²) in [7, 11) is 1.90. The van der Waals surface area contributed by atoms with Crippen molar-refractivity contribution in [3.63, 3.8) is 0 Å². The van der Waals surface area contributed by atoms with Crippen LogP contribution in [0.2, 0.25) is 0 Å². The highest BCUT2D eigenvalue weighted by Crippen LogP contribution is 2.30. The lowest BCUT2D eigenvalue weighted by atomic mass is 10.1. The van der Waals surface area contributed by atoms with Gasteiger partial charge in [-0.1, -0.05) is 18.2 Å². The summed E-state index contributed by atoms with van der Waals surface area (Å²) in [4.78, 5) is 16.5. The lowest BCUT2D eigenvalue weighted by Crippen LogP contribution is -2.06. The van der Waals surface area contributed by atoms with E-state index in [1.807, 2.05) is 41.9 Å². The Morgan fingerprint density at radius 3 is 2.70 bits per heavy atom. The number of hydrogen-bond acceptors (Lipinski definition) is 4. The molecule has 1 saturated carbocycles. The normalized spacial score (nSPS) is 14.1. The summed E-state index contributed by atoms with van der Waals surface area (Å²) in [6.07, 6.45) is 2.38. The number of rotatable bonds is 5. The zero-order valence-electron chi connectivity index (χ0n) is 13.0. The summed E-state index contributed by atoms with van der Waals surface area (Å²) in [6, 6.07) is 14.1. The van der Waals surface area contributed by atoms with E-state index in [0.717, 1.165) is 35.4 Å². The quantitative estimate of drug-likeness (QED) is 0.787. The number of anilines is 1. The number of aromatic nitrogens is 3. The SMILES string of the molecule is CNc1ccc(-c2cccc3nc(CC(=O)C4CC4)nn23)cc1. The standard InChI is InChI=1S/C18H18N4O/c1-19-14-9-7-12(8-10-14)15-3-2-4-18-20-17(21-22(15)18)11-16(23)13-5-6-13/h2-4,7-10,13,19H,5-6,11H2,1H3. The van der Waals surface area contributed by atoms with Crippen LogP contribution in [0.5, 0.6) is 0 Å². The van der Waals surface area contributed by atoms with Gasteiger partial charge in [-0.15, -0.1) is 0 Å². The monoisotopic (exact) mass is 306 g/mol. The maximum atomic E-state index is 12.0. The first-order chi connectivity index (χ1) is 11.2. The Balaban J connectivity index is 1.71. The highest BCUT2D eigenvalue weighted by atomic mass is 16.1. The lowest BCUT2D eigenvalue weighted by Gasteiger charge is -2.05. The first-order valence-electron chi connectivity index (χ1n) is 7.90. The smallest absolute Gasteiger partial charge is 0.159 e. The highest BCUT2D eigenvalue weighted by molar-refractivity contribution is 5.84. The molecular weight excluding hydrogens is 288 g/mol. The average molecular weight is 306 g/mol. The molecule has 0 radical (unpaired) electrons. The van der Waals surface area contributed by atoms with Gasteiger partial charge in [0.15, 0.2) is 11.5 Å². The number of Topliss-reactive ketones (excluding diaryl/α,β-unsaturated/α-hetero) is 1. The Labute approximate surface area is 134 Å². The highest BCUT2D eigenvalue weighted by Gasteiger charge is 2.30. The Bertz CT molecular complexity index is 862.